The van der Waals surface area contributed by atoms with Crippen LogP contribution >= 0.6 is 0 Å². The lowest BCUT2D eigenvalue weighted by Gasteiger charge is -2.12. The molecule has 0 aliphatic carbocycles. The summed E-state index contributed by atoms with van der Waals surface area (Å²) in [5.41, 5.74) is 3.17. The second-order valence-electron chi connectivity index (χ2n) is 7.38. The van der Waals surface area contributed by atoms with Crippen molar-refractivity contribution >= 4 is 5.91 Å². The molecular formula is C23H26FN3O3. The molecule has 0 aliphatic rings. The first-order valence-electron chi connectivity index (χ1n) is 9.96. The van der Waals surface area contributed by atoms with Crippen LogP contribution in [0.3, 0.4) is 0 Å². The van der Waals surface area contributed by atoms with Gasteiger partial charge in [-0.3, -0.25) is 4.79 Å². The number of benzene rings is 2. The third-order valence-electron chi connectivity index (χ3n) is 4.63. The van der Waals surface area contributed by atoms with E-state index in [1.165, 1.54) is 6.07 Å². The van der Waals surface area contributed by atoms with E-state index in [0.717, 1.165) is 11.1 Å². The van der Waals surface area contributed by atoms with Crippen molar-refractivity contribution in [2.45, 2.75) is 52.9 Å². The van der Waals surface area contributed by atoms with E-state index < -0.39 is 0 Å². The number of nitrogens with zero attached hydrogens (tertiary/aromatic N) is 2. The van der Waals surface area contributed by atoms with Gasteiger partial charge in [0.1, 0.15) is 5.82 Å². The van der Waals surface area contributed by atoms with Crippen molar-refractivity contribution in [1.82, 2.24) is 15.5 Å². The maximum absolute atomic E-state index is 13.7. The quantitative estimate of drug-likeness (QED) is 0.566. The molecule has 0 saturated heterocycles. The monoisotopic (exact) mass is 411 g/mol. The molecule has 7 heteroatoms. The highest BCUT2D eigenvalue weighted by atomic mass is 19.1. The third-order valence-corrected chi connectivity index (χ3v) is 4.63. The SMILES string of the molecule is Cc1ccc(-c2noc(CCC(=O)NCc3ccccc3COC(C)C)n2)cc1F. The molecule has 0 spiro atoms. The molecule has 0 unspecified atom stereocenters. The molecule has 1 amide bonds. The fraction of sp³-hybridized carbons (Fsp3) is 0.348. The molecule has 0 radical (unpaired) electrons. The Kier molecular flexibility index (Phi) is 7.30. The lowest BCUT2D eigenvalue weighted by Crippen LogP contribution is -2.23. The standard InChI is InChI=1S/C23H26FN3O3/c1-15(2)29-14-19-7-5-4-6-18(19)13-25-21(28)10-11-22-26-23(27-30-22)17-9-8-16(3)20(24)12-17/h4-9,12,15H,10-11,13-14H2,1-3H3,(H,25,28). The molecule has 0 fully saturated rings. The number of ether oxygens (including phenoxy) is 1. The van der Waals surface area contributed by atoms with Gasteiger partial charge in [0.2, 0.25) is 17.6 Å². The molecule has 158 valence electrons. The third kappa shape index (κ3) is 5.97. The maximum atomic E-state index is 13.7. The molecule has 30 heavy (non-hydrogen) atoms. The van der Waals surface area contributed by atoms with Crippen molar-refractivity contribution in [3.63, 3.8) is 0 Å². The van der Waals surface area contributed by atoms with Crippen molar-refractivity contribution in [2.75, 3.05) is 0 Å². The molecule has 0 bridgehead atoms. The van der Waals surface area contributed by atoms with Crippen LogP contribution in [0.1, 0.15) is 42.8 Å². The number of nitrogens with one attached hydrogen (secondary N) is 1. The van der Waals surface area contributed by atoms with Gasteiger partial charge in [0.15, 0.2) is 0 Å². The Labute approximate surface area is 175 Å². The average molecular weight is 411 g/mol. The van der Waals surface area contributed by atoms with E-state index in [1.807, 2.05) is 38.1 Å². The summed E-state index contributed by atoms with van der Waals surface area (Å²) in [6.45, 7) is 6.60. The number of aromatic nitrogens is 2. The van der Waals surface area contributed by atoms with E-state index >= 15 is 0 Å². The maximum Gasteiger partial charge on any atom is 0.227 e. The van der Waals surface area contributed by atoms with Crippen LogP contribution < -0.4 is 5.32 Å². The lowest BCUT2D eigenvalue weighted by molar-refractivity contribution is -0.121. The predicted molar refractivity (Wildman–Crippen MR) is 111 cm³/mol. The number of halogens is 1. The summed E-state index contributed by atoms with van der Waals surface area (Å²) < 4.78 is 24.6. The van der Waals surface area contributed by atoms with E-state index in [-0.39, 0.29) is 24.2 Å². The van der Waals surface area contributed by atoms with Crippen molar-refractivity contribution in [1.29, 1.82) is 0 Å². The van der Waals surface area contributed by atoms with Gasteiger partial charge in [-0.25, -0.2) is 4.39 Å². The Morgan fingerprint density at radius 2 is 1.97 bits per heavy atom. The Morgan fingerprint density at radius 3 is 2.70 bits per heavy atom. The summed E-state index contributed by atoms with van der Waals surface area (Å²) in [4.78, 5) is 16.5. The van der Waals surface area contributed by atoms with Crippen molar-refractivity contribution < 1.29 is 18.4 Å². The van der Waals surface area contributed by atoms with E-state index in [0.29, 0.717) is 42.4 Å². The Morgan fingerprint density at radius 1 is 1.20 bits per heavy atom. The summed E-state index contributed by atoms with van der Waals surface area (Å²) in [5, 5.41) is 6.79. The smallest absolute Gasteiger partial charge is 0.227 e. The molecule has 3 rings (SSSR count). The first kappa shape index (κ1) is 21.6. The van der Waals surface area contributed by atoms with Crippen LogP contribution in [0.15, 0.2) is 47.0 Å². The number of rotatable bonds is 9. The van der Waals surface area contributed by atoms with Crippen LogP contribution in [0, 0.1) is 12.7 Å². The van der Waals surface area contributed by atoms with Crippen LogP contribution in [-0.4, -0.2) is 22.2 Å². The molecule has 2 aromatic carbocycles. The number of hydrogen-bond acceptors (Lipinski definition) is 5. The number of carbonyl (C=O) groups is 1. The minimum absolute atomic E-state index is 0.115. The summed E-state index contributed by atoms with van der Waals surface area (Å²) in [7, 11) is 0. The van der Waals surface area contributed by atoms with Gasteiger partial charge in [0, 0.05) is 24.9 Å². The zero-order valence-corrected chi connectivity index (χ0v) is 17.4. The van der Waals surface area contributed by atoms with Crippen LogP contribution in [0.4, 0.5) is 4.39 Å². The zero-order chi connectivity index (χ0) is 21.5. The number of carbonyl (C=O) groups excluding carboxylic acids is 1. The Hall–Kier alpha value is -3.06. The van der Waals surface area contributed by atoms with Gasteiger partial charge < -0.3 is 14.6 Å². The molecule has 1 aromatic heterocycles. The Bertz CT molecular complexity index is 1000. The molecule has 0 saturated carbocycles. The number of aryl methyl sites for hydroxylation is 2. The van der Waals surface area contributed by atoms with Gasteiger partial charge in [-0.05, 0) is 43.5 Å². The molecule has 0 atom stereocenters. The normalized spacial score (nSPS) is 11.1. The summed E-state index contributed by atoms with van der Waals surface area (Å²) in [6, 6.07) is 12.6. The van der Waals surface area contributed by atoms with Crippen molar-refractivity contribution in [3.8, 4) is 11.4 Å². The highest BCUT2D eigenvalue weighted by molar-refractivity contribution is 5.76. The van der Waals surface area contributed by atoms with Gasteiger partial charge in [-0.2, -0.15) is 4.98 Å². The van der Waals surface area contributed by atoms with Crippen LogP contribution in [0.2, 0.25) is 0 Å². The fourth-order valence-corrected chi connectivity index (χ4v) is 2.84. The van der Waals surface area contributed by atoms with Crippen LogP contribution in [0.25, 0.3) is 11.4 Å². The van der Waals surface area contributed by atoms with E-state index in [4.69, 9.17) is 9.26 Å². The van der Waals surface area contributed by atoms with Gasteiger partial charge >= 0.3 is 0 Å². The van der Waals surface area contributed by atoms with Gasteiger partial charge in [-0.1, -0.05) is 41.6 Å². The number of hydrogen-bond donors (Lipinski definition) is 1. The first-order chi connectivity index (χ1) is 14.4. The van der Waals surface area contributed by atoms with Crippen molar-refractivity contribution in [2.24, 2.45) is 0 Å². The minimum Gasteiger partial charge on any atom is -0.374 e. The fourth-order valence-electron chi connectivity index (χ4n) is 2.84. The van der Waals surface area contributed by atoms with E-state index in [1.54, 1.807) is 19.1 Å². The molecule has 0 aliphatic heterocycles. The van der Waals surface area contributed by atoms with Crippen LogP contribution in [0.5, 0.6) is 0 Å². The summed E-state index contributed by atoms with van der Waals surface area (Å²) >= 11 is 0. The molecule has 1 N–H and O–H groups in total. The molecule has 1 heterocycles. The second kappa shape index (κ2) is 10.1. The van der Waals surface area contributed by atoms with Crippen LogP contribution in [-0.2, 0) is 29.1 Å². The largest absolute Gasteiger partial charge is 0.374 e. The lowest BCUT2D eigenvalue weighted by atomic mass is 10.1. The summed E-state index contributed by atoms with van der Waals surface area (Å²) in [5.74, 6) is 0.211. The number of amides is 1. The molecular weight excluding hydrogens is 385 g/mol. The van der Waals surface area contributed by atoms with Gasteiger partial charge in [0.05, 0.1) is 12.7 Å². The minimum atomic E-state index is -0.322. The predicted octanol–water partition coefficient (Wildman–Crippen LogP) is 4.36. The highest BCUT2D eigenvalue weighted by Gasteiger charge is 2.12. The average Bonchev–Trinajstić information content (AvgIpc) is 3.21. The van der Waals surface area contributed by atoms with Crippen molar-refractivity contribution in [3.05, 3.63) is 70.9 Å². The zero-order valence-electron chi connectivity index (χ0n) is 17.4. The molecule has 6 nitrogen and oxygen atoms in total. The van der Waals surface area contributed by atoms with Gasteiger partial charge in [0.25, 0.3) is 0 Å². The van der Waals surface area contributed by atoms with Gasteiger partial charge in [-0.15, -0.1) is 0 Å². The topological polar surface area (TPSA) is 77.2 Å². The van der Waals surface area contributed by atoms with E-state index in [2.05, 4.69) is 15.5 Å². The Balaban J connectivity index is 1.51. The second-order valence-corrected chi connectivity index (χ2v) is 7.38. The first-order valence-corrected chi connectivity index (χ1v) is 9.96. The highest BCUT2D eigenvalue weighted by Crippen LogP contribution is 2.19. The molecule has 3 aromatic rings. The summed E-state index contributed by atoms with van der Waals surface area (Å²) in [6.07, 6.45) is 0.670. The van der Waals surface area contributed by atoms with E-state index in [9.17, 15) is 9.18 Å².